The fourth-order valence-corrected chi connectivity index (χ4v) is 2.43. The summed E-state index contributed by atoms with van der Waals surface area (Å²) >= 11 is 3.47. The van der Waals surface area contributed by atoms with Crippen LogP contribution in [0.1, 0.15) is 24.2 Å². The van der Waals surface area contributed by atoms with E-state index in [0.717, 1.165) is 23.4 Å². The van der Waals surface area contributed by atoms with Gasteiger partial charge in [-0.2, -0.15) is 0 Å². The number of fused-ring (bicyclic) bond motifs is 1. The SMILES string of the molecule is COCc1nc(Br)n2c1CCCC2. The number of ether oxygens (including phenoxy) is 1. The van der Waals surface area contributed by atoms with Crippen molar-refractivity contribution in [3.05, 3.63) is 16.1 Å². The third-order valence-electron chi connectivity index (χ3n) is 2.44. The summed E-state index contributed by atoms with van der Waals surface area (Å²) in [5, 5.41) is 0. The van der Waals surface area contributed by atoms with Crippen LogP contribution in [0.25, 0.3) is 0 Å². The lowest BCUT2D eigenvalue weighted by Gasteiger charge is -2.15. The minimum atomic E-state index is 0.626. The van der Waals surface area contributed by atoms with E-state index in [9.17, 15) is 0 Å². The summed E-state index contributed by atoms with van der Waals surface area (Å²) in [5.74, 6) is 0. The molecular weight excluding hydrogens is 232 g/mol. The highest BCUT2D eigenvalue weighted by Crippen LogP contribution is 2.24. The van der Waals surface area contributed by atoms with E-state index in [1.165, 1.54) is 18.5 Å². The summed E-state index contributed by atoms with van der Waals surface area (Å²) in [5.41, 5.74) is 2.44. The van der Waals surface area contributed by atoms with Gasteiger partial charge in [0.15, 0.2) is 4.73 Å². The minimum Gasteiger partial charge on any atom is -0.378 e. The summed E-state index contributed by atoms with van der Waals surface area (Å²) in [7, 11) is 1.71. The van der Waals surface area contributed by atoms with Gasteiger partial charge >= 0.3 is 0 Å². The number of nitrogens with zero attached hydrogens (tertiary/aromatic N) is 2. The van der Waals surface area contributed by atoms with Crippen LogP contribution in [-0.4, -0.2) is 16.7 Å². The Kier molecular flexibility index (Phi) is 2.69. The number of hydrogen-bond acceptors (Lipinski definition) is 2. The molecule has 0 amide bonds. The summed E-state index contributed by atoms with van der Waals surface area (Å²) in [6, 6.07) is 0. The first-order chi connectivity index (χ1) is 6.33. The van der Waals surface area contributed by atoms with E-state index in [2.05, 4.69) is 25.5 Å². The van der Waals surface area contributed by atoms with Crippen molar-refractivity contribution in [3.63, 3.8) is 0 Å². The largest absolute Gasteiger partial charge is 0.378 e. The second-order valence-electron chi connectivity index (χ2n) is 3.32. The van der Waals surface area contributed by atoms with E-state index in [0.29, 0.717) is 6.61 Å². The Hall–Kier alpha value is -0.350. The molecule has 2 heterocycles. The molecule has 0 N–H and O–H groups in total. The van der Waals surface area contributed by atoms with Crippen LogP contribution in [0.5, 0.6) is 0 Å². The molecule has 13 heavy (non-hydrogen) atoms. The van der Waals surface area contributed by atoms with Gasteiger partial charge in [0.2, 0.25) is 0 Å². The van der Waals surface area contributed by atoms with Crippen LogP contribution in [0.2, 0.25) is 0 Å². The van der Waals surface area contributed by atoms with Gasteiger partial charge < -0.3 is 9.30 Å². The first-order valence-corrected chi connectivity index (χ1v) is 5.35. The topological polar surface area (TPSA) is 27.1 Å². The van der Waals surface area contributed by atoms with Crippen molar-refractivity contribution in [3.8, 4) is 0 Å². The van der Waals surface area contributed by atoms with E-state index in [-0.39, 0.29) is 0 Å². The minimum absolute atomic E-state index is 0.626. The zero-order valence-corrected chi connectivity index (χ0v) is 9.30. The number of methoxy groups -OCH3 is 1. The summed E-state index contributed by atoms with van der Waals surface area (Å²) < 4.78 is 8.31. The molecular formula is C9H13BrN2O. The maximum Gasteiger partial charge on any atom is 0.177 e. The van der Waals surface area contributed by atoms with Crippen LogP contribution < -0.4 is 0 Å². The lowest BCUT2D eigenvalue weighted by Crippen LogP contribution is -2.11. The van der Waals surface area contributed by atoms with Crippen molar-refractivity contribution < 1.29 is 4.74 Å². The van der Waals surface area contributed by atoms with Crippen LogP contribution >= 0.6 is 15.9 Å². The summed E-state index contributed by atoms with van der Waals surface area (Å²) in [6.07, 6.45) is 3.67. The van der Waals surface area contributed by atoms with Gasteiger partial charge in [-0.05, 0) is 35.2 Å². The third-order valence-corrected chi connectivity index (χ3v) is 3.04. The van der Waals surface area contributed by atoms with Crippen LogP contribution in [0.4, 0.5) is 0 Å². The van der Waals surface area contributed by atoms with E-state index < -0.39 is 0 Å². The van der Waals surface area contributed by atoms with Gasteiger partial charge in [0.1, 0.15) is 0 Å². The highest BCUT2D eigenvalue weighted by Gasteiger charge is 2.17. The Labute approximate surface area is 86.2 Å². The average molecular weight is 245 g/mol. The van der Waals surface area contributed by atoms with Crippen molar-refractivity contribution in [2.75, 3.05) is 7.11 Å². The summed E-state index contributed by atoms with van der Waals surface area (Å²) in [6.45, 7) is 1.72. The van der Waals surface area contributed by atoms with Gasteiger partial charge in [-0.3, -0.25) is 0 Å². The van der Waals surface area contributed by atoms with Gasteiger partial charge in [0.05, 0.1) is 12.3 Å². The van der Waals surface area contributed by atoms with Crippen molar-refractivity contribution >= 4 is 15.9 Å². The fourth-order valence-electron chi connectivity index (χ4n) is 1.82. The van der Waals surface area contributed by atoms with E-state index in [1.807, 2.05) is 0 Å². The number of hydrogen-bond donors (Lipinski definition) is 0. The molecule has 0 atom stereocenters. The molecule has 0 aliphatic carbocycles. The quantitative estimate of drug-likeness (QED) is 0.798. The van der Waals surface area contributed by atoms with Gasteiger partial charge in [-0.15, -0.1) is 0 Å². The Bertz CT molecular complexity index is 309. The molecule has 1 aliphatic rings. The number of rotatable bonds is 2. The van der Waals surface area contributed by atoms with E-state index in [1.54, 1.807) is 7.11 Å². The molecule has 0 bridgehead atoms. The van der Waals surface area contributed by atoms with Gasteiger partial charge in [-0.25, -0.2) is 4.98 Å². The molecule has 0 aromatic carbocycles. The number of halogens is 1. The van der Waals surface area contributed by atoms with Gasteiger partial charge in [0, 0.05) is 19.3 Å². The lowest BCUT2D eigenvalue weighted by atomic mass is 10.1. The molecule has 0 unspecified atom stereocenters. The second-order valence-corrected chi connectivity index (χ2v) is 4.03. The zero-order chi connectivity index (χ0) is 9.26. The van der Waals surface area contributed by atoms with Crippen molar-refractivity contribution in [1.82, 2.24) is 9.55 Å². The van der Waals surface area contributed by atoms with Crippen molar-refractivity contribution in [1.29, 1.82) is 0 Å². The molecule has 1 aliphatic heterocycles. The predicted molar refractivity (Wildman–Crippen MR) is 53.6 cm³/mol. The molecule has 0 fully saturated rings. The molecule has 0 saturated heterocycles. The Balaban J connectivity index is 2.36. The highest BCUT2D eigenvalue weighted by molar-refractivity contribution is 9.10. The van der Waals surface area contributed by atoms with E-state index >= 15 is 0 Å². The first-order valence-electron chi connectivity index (χ1n) is 4.55. The Morgan fingerprint density at radius 3 is 3.15 bits per heavy atom. The smallest absolute Gasteiger partial charge is 0.177 e. The standard InChI is InChI=1S/C9H13BrN2O/c1-13-6-7-8-4-2-3-5-12(8)9(10)11-7/h2-6H2,1H3. The van der Waals surface area contributed by atoms with Crippen LogP contribution in [-0.2, 0) is 24.3 Å². The average Bonchev–Trinajstić information content (AvgIpc) is 2.46. The number of imidazole rings is 1. The maximum atomic E-state index is 5.11. The van der Waals surface area contributed by atoms with Crippen LogP contribution in [0.15, 0.2) is 4.73 Å². The van der Waals surface area contributed by atoms with E-state index in [4.69, 9.17) is 4.74 Å². The molecule has 1 aromatic heterocycles. The molecule has 72 valence electrons. The predicted octanol–water partition coefficient (Wildman–Crippen LogP) is 2.13. The van der Waals surface area contributed by atoms with Gasteiger partial charge in [-0.1, -0.05) is 0 Å². The zero-order valence-electron chi connectivity index (χ0n) is 7.72. The highest BCUT2D eigenvalue weighted by atomic mass is 79.9. The normalized spacial score (nSPS) is 15.8. The lowest BCUT2D eigenvalue weighted by molar-refractivity contribution is 0.180. The molecule has 0 radical (unpaired) electrons. The van der Waals surface area contributed by atoms with Crippen LogP contribution in [0.3, 0.4) is 0 Å². The van der Waals surface area contributed by atoms with Gasteiger partial charge in [0.25, 0.3) is 0 Å². The molecule has 2 rings (SSSR count). The third kappa shape index (κ3) is 1.65. The second kappa shape index (κ2) is 3.80. The van der Waals surface area contributed by atoms with Crippen molar-refractivity contribution in [2.24, 2.45) is 0 Å². The summed E-state index contributed by atoms with van der Waals surface area (Å²) in [4.78, 5) is 4.44. The monoisotopic (exact) mass is 244 g/mol. The Morgan fingerprint density at radius 1 is 1.54 bits per heavy atom. The molecule has 4 heteroatoms. The van der Waals surface area contributed by atoms with Crippen molar-refractivity contribution in [2.45, 2.75) is 32.4 Å². The maximum absolute atomic E-state index is 5.11. The first kappa shape index (κ1) is 9.21. The molecule has 0 spiro atoms. The van der Waals surface area contributed by atoms with Crippen LogP contribution in [0, 0.1) is 0 Å². The fraction of sp³-hybridized carbons (Fsp3) is 0.667. The molecule has 1 aromatic rings. The molecule has 3 nitrogen and oxygen atoms in total. The number of aromatic nitrogens is 2. The Morgan fingerprint density at radius 2 is 2.38 bits per heavy atom. The molecule has 0 saturated carbocycles.